The lowest BCUT2D eigenvalue weighted by Crippen LogP contribution is -2.61. The van der Waals surface area contributed by atoms with Crippen LogP contribution in [-0.2, 0) is 81.6 Å². The number of H-pyrrole nitrogens is 1. The standard InChI is InChI=1S/C80H121N19O16S/c1-48(2)42-60(71(106)89-49(3)68(103)93-59(79(114)115)26-17-38-87-80(84)85)96-76(111)66-28-19-40-99(66)78(113)58(34-41-116-4)92-75(110)65-27-18-39-98(65)77(112)57(25-13-15-36-82)91-73(108)62(43-50-20-7-5-8-21-50)95-74(109)64(47-100)97-72(107)61(44-51-30-32-53(101)33-31-51)90-67(102)29-9-6-16-37-86-70(105)63(94-69(104)55(83)23-12-14-35-81)45-52-46-88-56-24-11-10-22-54(52)56/h5,7-8,10-11,20-22,24,30-33,46,48-49,55,57-66,88,100-101H,6,9,12-19,23,25-29,34-45,47,81-83H2,1-4H3,(H,86,105)(H,89,106)(H,90,102)(H,91,108)(H,92,110)(H,93,103)(H,94,104)(H,95,109)(H,96,111)(H,97,107)(H,114,115)(H4,84,85,87)/t49-,55-,57-,58+,59+,60+,61-,62-,63-,64-,65+,66-/m0/s1. The molecule has 3 heterocycles. The molecular formula is C80H121N19O16S. The number of aliphatic imine (C=N–C) groups is 1. The molecule has 24 N–H and O–H groups in total. The van der Waals surface area contributed by atoms with Crippen molar-refractivity contribution in [2.24, 2.45) is 39.6 Å². The fraction of sp³-hybridized carbons (Fsp3) is 0.575. The molecule has 4 aromatic rings. The van der Waals surface area contributed by atoms with Crippen LogP contribution in [0.15, 0.2) is 90.1 Å². The Labute approximate surface area is 681 Å². The number of carboxylic acid groups (broad SMARTS) is 1. The Balaban J connectivity index is 1.10. The SMILES string of the molecule is CSCC[C@@H](NC(=O)[C@H]1CCCN1C(=O)[C@H](CCCCN)NC(=O)[C@H](Cc1ccccc1)NC(=O)[C@H](CO)NC(=O)[C@H](Cc1ccc(O)cc1)NC(=O)CCCCCNC(=O)[C@H](Cc1c[nH]c2ccccc12)NC(=O)[C@@H](N)CCCCN)C(=O)N1CCC[C@H]1C(=O)N[C@H](CC(C)C)C(=O)N[C@@H](C)C(=O)N[C@H](CCCN=C(N)N)C(=O)O. The molecule has 3 aromatic carbocycles. The number of thioether (sulfide) groups is 1. The molecule has 12 amide bonds. The molecule has 0 bridgehead atoms. The second-order valence-corrected chi connectivity index (χ2v) is 30.9. The second kappa shape index (κ2) is 49.5. The third-order valence-electron chi connectivity index (χ3n) is 20.3. The number of carbonyl (C=O) groups excluding carboxylic acids is 12. The third kappa shape index (κ3) is 31.0. The van der Waals surface area contributed by atoms with E-state index in [0.717, 1.165) is 16.5 Å². The molecule has 2 aliphatic heterocycles. The van der Waals surface area contributed by atoms with Crippen molar-refractivity contribution in [1.82, 2.24) is 68.0 Å². The van der Waals surface area contributed by atoms with Crippen molar-refractivity contribution in [3.63, 3.8) is 0 Å². The molecule has 36 heteroatoms. The summed E-state index contributed by atoms with van der Waals surface area (Å²) in [7, 11) is 0. The van der Waals surface area contributed by atoms with Gasteiger partial charge in [-0.25, -0.2) is 4.79 Å². The highest BCUT2D eigenvalue weighted by Gasteiger charge is 2.43. The third-order valence-corrected chi connectivity index (χ3v) is 20.9. The number of aliphatic hydroxyl groups is 1. The monoisotopic (exact) mass is 1640 g/mol. The normalized spacial score (nSPS) is 16.5. The van der Waals surface area contributed by atoms with Crippen molar-refractivity contribution in [2.45, 2.75) is 228 Å². The number of nitrogens with zero attached hydrogens (tertiary/aromatic N) is 3. The van der Waals surface area contributed by atoms with Crippen LogP contribution in [0.2, 0.25) is 0 Å². The van der Waals surface area contributed by atoms with Gasteiger partial charge in [-0.05, 0) is 169 Å². The lowest BCUT2D eigenvalue weighted by Gasteiger charge is -2.32. The fourth-order valence-electron chi connectivity index (χ4n) is 13.9. The number of likely N-dealkylation sites (tertiary alicyclic amines) is 2. The van der Waals surface area contributed by atoms with Crippen LogP contribution in [0.5, 0.6) is 5.75 Å². The van der Waals surface area contributed by atoms with Gasteiger partial charge in [0.05, 0.1) is 12.6 Å². The number of aromatic amines is 1. The van der Waals surface area contributed by atoms with Crippen molar-refractivity contribution in [1.29, 1.82) is 0 Å². The number of aliphatic hydroxyl groups excluding tert-OH is 1. The molecule has 35 nitrogen and oxygen atoms in total. The number of fused-ring (bicyclic) bond motifs is 1. The Kier molecular flexibility index (Phi) is 40.3. The first-order valence-corrected chi connectivity index (χ1v) is 41.5. The van der Waals surface area contributed by atoms with E-state index in [2.05, 4.69) is 63.1 Å². The summed E-state index contributed by atoms with van der Waals surface area (Å²) in [6.45, 7) is 5.27. The smallest absolute Gasteiger partial charge is 0.326 e. The minimum Gasteiger partial charge on any atom is -0.508 e. The highest BCUT2D eigenvalue weighted by Crippen LogP contribution is 2.25. The number of carbonyl (C=O) groups is 13. The number of nitrogens with one attached hydrogen (secondary N) is 11. The lowest BCUT2D eigenvalue weighted by molar-refractivity contribution is -0.145. The van der Waals surface area contributed by atoms with Crippen LogP contribution in [-0.4, -0.2) is 243 Å². The summed E-state index contributed by atoms with van der Waals surface area (Å²) in [5.41, 5.74) is 31.3. The van der Waals surface area contributed by atoms with Crippen LogP contribution in [0.4, 0.5) is 0 Å². The first-order chi connectivity index (χ1) is 55.5. The summed E-state index contributed by atoms with van der Waals surface area (Å²) in [5.74, 6) is -9.49. The van der Waals surface area contributed by atoms with E-state index in [1.165, 1.54) is 40.6 Å². The summed E-state index contributed by atoms with van der Waals surface area (Å²) in [5, 5.41) is 58.7. The first-order valence-electron chi connectivity index (χ1n) is 40.1. The van der Waals surface area contributed by atoms with Crippen LogP contribution in [0.3, 0.4) is 0 Å². The molecule has 0 radical (unpaired) electrons. The van der Waals surface area contributed by atoms with E-state index in [0.29, 0.717) is 87.6 Å². The molecular weight excluding hydrogens is 1520 g/mol. The van der Waals surface area contributed by atoms with E-state index in [-0.39, 0.29) is 121 Å². The van der Waals surface area contributed by atoms with Gasteiger partial charge < -0.3 is 112 Å². The summed E-state index contributed by atoms with van der Waals surface area (Å²) in [6, 6.07) is 7.37. The molecule has 2 fully saturated rings. The van der Waals surface area contributed by atoms with Crippen molar-refractivity contribution in [2.75, 3.05) is 57.9 Å². The van der Waals surface area contributed by atoms with Crippen molar-refractivity contribution in [3.8, 4) is 5.75 Å². The van der Waals surface area contributed by atoms with Crippen molar-refractivity contribution >= 4 is 105 Å². The van der Waals surface area contributed by atoms with Gasteiger partial charge in [0.15, 0.2) is 5.96 Å². The number of carboxylic acids is 1. The predicted molar refractivity (Wildman–Crippen MR) is 439 cm³/mol. The lowest BCUT2D eigenvalue weighted by atomic mass is 10.0. The summed E-state index contributed by atoms with van der Waals surface area (Å²) >= 11 is 1.41. The molecule has 0 spiro atoms. The number of benzene rings is 3. The van der Waals surface area contributed by atoms with Gasteiger partial charge >= 0.3 is 5.97 Å². The minimum atomic E-state index is -1.70. The van der Waals surface area contributed by atoms with E-state index < -0.39 is 156 Å². The molecule has 12 atom stereocenters. The average molecular weight is 1640 g/mol. The zero-order chi connectivity index (χ0) is 84.8. The molecule has 6 rings (SSSR count). The summed E-state index contributed by atoms with van der Waals surface area (Å²) < 4.78 is 0. The van der Waals surface area contributed by atoms with E-state index in [1.54, 1.807) is 48.7 Å². The van der Waals surface area contributed by atoms with Gasteiger partial charge in [0.25, 0.3) is 0 Å². The summed E-state index contributed by atoms with van der Waals surface area (Å²) in [6.07, 6.45) is 8.86. The quantitative estimate of drug-likeness (QED) is 0.0150. The largest absolute Gasteiger partial charge is 0.508 e. The van der Waals surface area contributed by atoms with Gasteiger partial charge in [-0.2, -0.15) is 11.8 Å². The number of hydrogen-bond donors (Lipinski definition) is 19. The molecule has 0 aliphatic carbocycles. The van der Waals surface area contributed by atoms with Crippen molar-refractivity contribution < 1.29 is 77.6 Å². The maximum absolute atomic E-state index is 15.0. The van der Waals surface area contributed by atoms with Crippen LogP contribution in [0.1, 0.15) is 153 Å². The zero-order valence-electron chi connectivity index (χ0n) is 66.9. The number of unbranched alkanes of at least 4 members (excludes halogenated alkanes) is 4. The average Bonchev–Trinajstić information content (AvgIpc) is 1.67. The molecule has 0 saturated carbocycles. The van der Waals surface area contributed by atoms with Gasteiger partial charge in [0.1, 0.15) is 72.2 Å². The Morgan fingerprint density at radius 2 is 1.07 bits per heavy atom. The Bertz CT molecular complexity index is 3920. The van der Waals surface area contributed by atoms with E-state index in [9.17, 15) is 72.9 Å². The predicted octanol–water partition coefficient (Wildman–Crippen LogP) is -0.542. The van der Waals surface area contributed by atoms with E-state index in [4.69, 9.17) is 28.7 Å². The van der Waals surface area contributed by atoms with Crippen molar-refractivity contribution in [3.05, 3.63) is 102 Å². The number of phenols is 1. The molecule has 2 aliphatic rings. The molecule has 0 unspecified atom stereocenters. The molecule has 1 aromatic heterocycles. The highest BCUT2D eigenvalue weighted by molar-refractivity contribution is 7.98. The number of hydrogen-bond acceptors (Lipinski definition) is 20. The maximum atomic E-state index is 15.0. The number of para-hydroxylation sites is 1. The van der Waals surface area contributed by atoms with E-state index in [1.807, 2.05) is 44.4 Å². The van der Waals surface area contributed by atoms with Crippen LogP contribution in [0.25, 0.3) is 10.9 Å². The summed E-state index contributed by atoms with van der Waals surface area (Å²) in [4.78, 5) is 192. The zero-order valence-corrected chi connectivity index (χ0v) is 67.7. The molecule has 638 valence electrons. The number of guanidine groups is 1. The van der Waals surface area contributed by atoms with Gasteiger partial charge in [-0.1, -0.05) is 87.4 Å². The van der Waals surface area contributed by atoms with Crippen LogP contribution >= 0.6 is 11.8 Å². The number of phenolic OH excluding ortho intramolecular Hbond substituents is 1. The Morgan fingerprint density at radius 3 is 1.67 bits per heavy atom. The van der Waals surface area contributed by atoms with Gasteiger partial charge in [-0.3, -0.25) is 62.5 Å². The molecule has 2 saturated heterocycles. The van der Waals surface area contributed by atoms with Gasteiger partial charge in [0.2, 0.25) is 70.9 Å². The highest BCUT2D eigenvalue weighted by atomic mass is 32.2. The van der Waals surface area contributed by atoms with Gasteiger partial charge in [0, 0.05) is 69.0 Å². The maximum Gasteiger partial charge on any atom is 0.326 e. The Morgan fingerprint density at radius 1 is 0.543 bits per heavy atom. The topological polar surface area (TPSA) is 568 Å². The number of nitrogens with two attached hydrogens (primary N) is 5. The number of aliphatic carboxylic acids is 1. The number of aromatic hydroxyl groups is 1. The first kappa shape index (κ1) is 94.4. The van der Waals surface area contributed by atoms with Crippen LogP contribution < -0.4 is 81.8 Å². The van der Waals surface area contributed by atoms with Crippen LogP contribution in [0, 0.1) is 5.92 Å². The fourth-order valence-corrected chi connectivity index (χ4v) is 14.4. The Hall–Kier alpha value is -10.4. The van der Waals surface area contributed by atoms with Gasteiger partial charge in [-0.15, -0.1) is 0 Å². The number of aromatic nitrogens is 1. The van der Waals surface area contributed by atoms with E-state index >= 15 is 4.79 Å². The second-order valence-electron chi connectivity index (χ2n) is 29.9. The molecule has 116 heavy (non-hydrogen) atoms. The number of rotatable bonds is 51. The number of amides is 12. The minimum absolute atomic E-state index is 0.0116.